The minimum absolute atomic E-state index is 0.0914. The maximum absolute atomic E-state index is 2.75. The van der Waals surface area contributed by atoms with E-state index in [9.17, 15) is 0 Å². The van der Waals surface area contributed by atoms with Crippen molar-refractivity contribution >= 4 is 22.1 Å². The summed E-state index contributed by atoms with van der Waals surface area (Å²) in [6, 6.07) is 49.7. The van der Waals surface area contributed by atoms with Crippen LogP contribution in [0.1, 0.15) is 124 Å². The maximum atomic E-state index is 2.75. The lowest BCUT2D eigenvalue weighted by atomic mass is 9.48. The molecule has 1 heteroatoms. The van der Waals surface area contributed by atoms with Gasteiger partial charge >= 0.3 is 0 Å². The topological polar surface area (TPSA) is 3.24 Å². The van der Waals surface area contributed by atoms with E-state index in [4.69, 9.17) is 0 Å². The normalized spacial score (nSPS) is 27.0. The fraction of sp³-hybridized carbons (Fsp3) is 0.309. The SMILES string of the molecule is CC1C2=C3C(C)(c4ccccc41)c1c(ccc4cc(C5CCCCC5)ccc14)N(c1ccc4c(c1)C(C)(C)c1ccccc1-4)C3(C)C=CC2(C)c1ccccc1. The molecule has 56 heavy (non-hydrogen) atoms. The van der Waals surface area contributed by atoms with Gasteiger partial charge in [0, 0.05) is 33.5 Å². The van der Waals surface area contributed by atoms with Crippen molar-refractivity contribution in [3.63, 3.8) is 0 Å². The summed E-state index contributed by atoms with van der Waals surface area (Å²) in [4.78, 5) is 2.75. The third kappa shape index (κ3) is 4.33. The maximum Gasteiger partial charge on any atom is 0.0833 e. The van der Waals surface area contributed by atoms with Crippen molar-refractivity contribution in [2.75, 3.05) is 4.90 Å². The van der Waals surface area contributed by atoms with E-state index in [0.717, 1.165) is 0 Å². The van der Waals surface area contributed by atoms with Crippen LogP contribution in [0.5, 0.6) is 0 Å². The van der Waals surface area contributed by atoms with Crippen molar-refractivity contribution in [3.05, 3.63) is 190 Å². The molecular weight excluding hydrogens is 675 g/mol. The Hall–Kier alpha value is -5.14. The van der Waals surface area contributed by atoms with Gasteiger partial charge in [-0.3, -0.25) is 0 Å². The average Bonchev–Trinajstić information content (AvgIpc) is 3.46. The Morgan fingerprint density at radius 3 is 2.12 bits per heavy atom. The van der Waals surface area contributed by atoms with Crippen molar-refractivity contribution in [3.8, 4) is 11.1 Å². The van der Waals surface area contributed by atoms with Gasteiger partial charge in [0.15, 0.2) is 0 Å². The van der Waals surface area contributed by atoms with Crippen molar-refractivity contribution in [1.29, 1.82) is 0 Å². The van der Waals surface area contributed by atoms with Crippen LogP contribution in [0.2, 0.25) is 0 Å². The number of fused-ring (bicyclic) bond motifs is 9. The second kappa shape index (κ2) is 11.7. The Balaban J connectivity index is 1.24. The Morgan fingerprint density at radius 1 is 0.607 bits per heavy atom. The van der Waals surface area contributed by atoms with Gasteiger partial charge in [-0.05, 0) is 130 Å². The highest BCUT2D eigenvalue weighted by Crippen LogP contribution is 2.67. The van der Waals surface area contributed by atoms with E-state index in [1.807, 2.05) is 0 Å². The number of benzene rings is 6. The summed E-state index contributed by atoms with van der Waals surface area (Å²) in [5.74, 6) is 0.910. The zero-order valence-corrected chi connectivity index (χ0v) is 33.9. The molecule has 0 N–H and O–H groups in total. The molecule has 1 saturated carbocycles. The van der Waals surface area contributed by atoms with Gasteiger partial charge in [0.25, 0.3) is 0 Å². The van der Waals surface area contributed by atoms with Gasteiger partial charge in [0.1, 0.15) is 0 Å². The number of hydrogen-bond acceptors (Lipinski definition) is 1. The first kappa shape index (κ1) is 34.1. The summed E-state index contributed by atoms with van der Waals surface area (Å²) in [5, 5.41) is 2.76. The second-order valence-corrected chi connectivity index (χ2v) is 18.8. The first-order valence-electron chi connectivity index (χ1n) is 21.3. The molecule has 0 spiro atoms. The molecule has 0 amide bonds. The van der Waals surface area contributed by atoms with Gasteiger partial charge < -0.3 is 4.90 Å². The van der Waals surface area contributed by atoms with Gasteiger partial charge in [-0.2, -0.15) is 0 Å². The van der Waals surface area contributed by atoms with E-state index < -0.39 is 5.54 Å². The number of allylic oxidation sites excluding steroid dienone is 2. The Labute approximate surface area is 333 Å². The van der Waals surface area contributed by atoms with Crippen LogP contribution in [-0.2, 0) is 16.2 Å². The van der Waals surface area contributed by atoms with Crippen molar-refractivity contribution in [2.45, 2.75) is 107 Å². The fourth-order valence-electron chi connectivity index (χ4n) is 12.8. The van der Waals surface area contributed by atoms with Crippen LogP contribution in [0.4, 0.5) is 11.4 Å². The zero-order chi connectivity index (χ0) is 38.2. The van der Waals surface area contributed by atoms with Gasteiger partial charge in [-0.25, -0.2) is 0 Å². The molecule has 6 aromatic carbocycles. The van der Waals surface area contributed by atoms with Gasteiger partial charge in [-0.15, -0.1) is 0 Å². The van der Waals surface area contributed by atoms with Crippen molar-refractivity contribution in [1.82, 2.24) is 0 Å². The summed E-state index contributed by atoms with van der Waals surface area (Å²) in [6.07, 6.45) is 11.8. The first-order valence-corrected chi connectivity index (χ1v) is 21.3. The van der Waals surface area contributed by atoms with E-state index >= 15 is 0 Å². The minimum Gasteiger partial charge on any atom is -0.328 e. The molecule has 0 saturated heterocycles. The Morgan fingerprint density at radius 2 is 1.32 bits per heavy atom. The third-order valence-corrected chi connectivity index (χ3v) is 15.5. The molecule has 0 bridgehead atoms. The van der Waals surface area contributed by atoms with Crippen LogP contribution in [0.15, 0.2) is 151 Å². The van der Waals surface area contributed by atoms with E-state index in [2.05, 4.69) is 186 Å². The lowest BCUT2D eigenvalue weighted by Gasteiger charge is -2.61. The highest BCUT2D eigenvalue weighted by molar-refractivity contribution is 5.98. The average molecular weight is 728 g/mol. The molecular formula is C55H53N. The molecule has 0 radical (unpaired) electrons. The van der Waals surface area contributed by atoms with Crippen LogP contribution in [0, 0.1) is 0 Å². The van der Waals surface area contributed by atoms with E-state index in [-0.39, 0.29) is 22.2 Å². The van der Waals surface area contributed by atoms with E-state index in [0.29, 0.717) is 5.92 Å². The Kier molecular flexibility index (Phi) is 7.13. The summed E-state index contributed by atoms with van der Waals surface area (Å²) < 4.78 is 0. The number of rotatable bonds is 3. The first-order chi connectivity index (χ1) is 27.1. The fourth-order valence-corrected chi connectivity index (χ4v) is 12.8. The molecule has 278 valence electrons. The number of anilines is 2. The van der Waals surface area contributed by atoms with Gasteiger partial charge in [-0.1, -0.05) is 161 Å². The largest absolute Gasteiger partial charge is 0.328 e. The van der Waals surface area contributed by atoms with Gasteiger partial charge in [0.2, 0.25) is 0 Å². The van der Waals surface area contributed by atoms with E-state index in [1.165, 1.54) is 104 Å². The molecule has 0 aromatic heterocycles. The molecule has 11 rings (SSSR count). The zero-order valence-electron chi connectivity index (χ0n) is 33.9. The summed E-state index contributed by atoms with van der Waals surface area (Å²) in [7, 11) is 0. The van der Waals surface area contributed by atoms with Crippen LogP contribution < -0.4 is 4.90 Å². The lowest BCUT2D eigenvalue weighted by Crippen LogP contribution is -2.59. The molecule has 1 nitrogen and oxygen atoms in total. The van der Waals surface area contributed by atoms with Crippen molar-refractivity contribution in [2.24, 2.45) is 0 Å². The molecule has 6 aromatic rings. The molecule has 1 fully saturated rings. The number of nitrogens with zero attached hydrogens (tertiary/aromatic N) is 1. The summed E-state index contributed by atoms with van der Waals surface area (Å²) in [6.45, 7) is 14.9. The van der Waals surface area contributed by atoms with Crippen molar-refractivity contribution < 1.29 is 0 Å². The minimum atomic E-state index is -0.424. The number of hydrogen-bond donors (Lipinski definition) is 0. The molecule has 1 heterocycles. The predicted molar refractivity (Wildman–Crippen MR) is 236 cm³/mol. The van der Waals surface area contributed by atoms with Crippen LogP contribution in [0.3, 0.4) is 0 Å². The molecule has 1 aliphatic heterocycles. The summed E-state index contributed by atoms with van der Waals surface area (Å²) >= 11 is 0. The lowest BCUT2D eigenvalue weighted by molar-refractivity contribution is 0.435. The second-order valence-electron chi connectivity index (χ2n) is 18.8. The highest BCUT2D eigenvalue weighted by atomic mass is 15.2. The molecule has 4 aliphatic carbocycles. The predicted octanol–water partition coefficient (Wildman–Crippen LogP) is 14.4. The standard InChI is InChI=1S/C55H53N/c1-35-41-21-13-16-24-46(41)55(6)50-42-28-25-37(36-17-9-7-10-18-36)33-38(42)26-30-48(50)56(40-27-29-44-43-22-14-15-23-45(43)52(2,3)47(44)34-40)54(5)32-31-53(4,49(35)51(54)55)39-19-11-8-12-20-39/h8,11-16,19-36H,7,9-10,17-18H2,1-6H3. The monoisotopic (exact) mass is 727 g/mol. The third-order valence-electron chi connectivity index (χ3n) is 15.5. The van der Waals surface area contributed by atoms with Gasteiger partial charge in [0.05, 0.1) is 5.54 Å². The van der Waals surface area contributed by atoms with Crippen LogP contribution in [0.25, 0.3) is 21.9 Å². The molecule has 5 aliphatic rings. The summed E-state index contributed by atoms with van der Waals surface area (Å²) in [5.41, 5.74) is 17.4. The Bertz CT molecular complexity index is 2670. The smallest absolute Gasteiger partial charge is 0.0833 e. The van der Waals surface area contributed by atoms with E-state index in [1.54, 1.807) is 11.1 Å². The van der Waals surface area contributed by atoms with Crippen LogP contribution >= 0.6 is 0 Å². The molecule has 4 atom stereocenters. The van der Waals surface area contributed by atoms with Crippen LogP contribution in [-0.4, -0.2) is 5.54 Å². The quantitative estimate of drug-likeness (QED) is 0.164. The highest BCUT2D eigenvalue weighted by Gasteiger charge is 2.60. The molecule has 4 unspecified atom stereocenters.